The lowest BCUT2D eigenvalue weighted by Gasteiger charge is -2.37. The molecular weight excluding hydrogens is 232 g/mol. The van der Waals surface area contributed by atoms with Crippen molar-refractivity contribution in [3.8, 4) is 5.75 Å². The van der Waals surface area contributed by atoms with Crippen LogP contribution in [0.1, 0.15) is 18.9 Å². The first-order chi connectivity index (χ1) is 8.59. The molecule has 0 saturated carbocycles. The molecule has 0 radical (unpaired) electrons. The van der Waals surface area contributed by atoms with Crippen molar-refractivity contribution in [3.05, 3.63) is 29.8 Å². The zero-order chi connectivity index (χ0) is 13.0. The second kappa shape index (κ2) is 5.40. The van der Waals surface area contributed by atoms with Crippen LogP contribution in [0.3, 0.4) is 0 Å². The second-order valence-electron chi connectivity index (χ2n) is 5.09. The Morgan fingerprint density at radius 2 is 2.17 bits per heavy atom. The van der Waals surface area contributed by atoms with Crippen molar-refractivity contribution in [2.75, 3.05) is 19.8 Å². The van der Waals surface area contributed by atoms with Gasteiger partial charge in [-0.2, -0.15) is 0 Å². The van der Waals surface area contributed by atoms with E-state index < -0.39 is 5.97 Å². The number of ether oxygens (including phenoxy) is 2. The lowest BCUT2D eigenvalue weighted by molar-refractivity contribution is -0.136. The van der Waals surface area contributed by atoms with Gasteiger partial charge in [-0.1, -0.05) is 25.1 Å². The lowest BCUT2D eigenvalue weighted by Crippen LogP contribution is -2.44. The van der Waals surface area contributed by atoms with E-state index in [0.717, 1.165) is 24.5 Å². The molecule has 1 N–H and O–H groups in total. The molecule has 0 aliphatic carbocycles. The molecule has 1 heterocycles. The molecule has 4 heteroatoms. The highest BCUT2D eigenvalue weighted by atomic mass is 16.5. The zero-order valence-corrected chi connectivity index (χ0v) is 10.5. The van der Waals surface area contributed by atoms with Gasteiger partial charge in [0.05, 0.1) is 19.8 Å². The molecule has 0 unspecified atom stereocenters. The molecule has 0 amide bonds. The van der Waals surface area contributed by atoms with Crippen molar-refractivity contribution in [3.63, 3.8) is 0 Å². The molecule has 0 spiro atoms. The van der Waals surface area contributed by atoms with E-state index in [1.54, 1.807) is 0 Å². The van der Waals surface area contributed by atoms with Gasteiger partial charge in [0.2, 0.25) is 0 Å². The van der Waals surface area contributed by atoms with Gasteiger partial charge in [0.15, 0.2) is 0 Å². The Morgan fingerprint density at radius 1 is 1.44 bits per heavy atom. The maximum absolute atomic E-state index is 10.6. The molecule has 98 valence electrons. The van der Waals surface area contributed by atoms with Gasteiger partial charge in [-0.25, -0.2) is 0 Å². The largest absolute Gasteiger partial charge is 0.493 e. The molecule has 2 rings (SSSR count). The number of rotatable bonds is 6. The first-order valence-corrected chi connectivity index (χ1v) is 6.09. The van der Waals surface area contributed by atoms with Gasteiger partial charge >= 0.3 is 5.97 Å². The van der Waals surface area contributed by atoms with E-state index in [2.05, 4.69) is 6.92 Å². The minimum absolute atomic E-state index is 0.0971. The maximum Gasteiger partial charge on any atom is 0.303 e. The van der Waals surface area contributed by atoms with Gasteiger partial charge in [0, 0.05) is 11.8 Å². The third-order valence-electron chi connectivity index (χ3n) is 3.06. The third kappa shape index (κ3) is 3.23. The molecule has 1 aliphatic rings. The van der Waals surface area contributed by atoms with Crippen LogP contribution in [0.4, 0.5) is 0 Å². The van der Waals surface area contributed by atoms with Crippen LogP contribution in [0.5, 0.6) is 5.75 Å². The Kier molecular flexibility index (Phi) is 3.87. The van der Waals surface area contributed by atoms with E-state index in [9.17, 15) is 4.79 Å². The molecule has 4 nitrogen and oxygen atoms in total. The average molecular weight is 250 g/mol. The summed E-state index contributed by atoms with van der Waals surface area (Å²) in [6.45, 7) is 4.18. The number of carboxylic acid groups (broad SMARTS) is 1. The fourth-order valence-electron chi connectivity index (χ4n) is 1.88. The van der Waals surface area contributed by atoms with Crippen LogP contribution in [0, 0.1) is 5.41 Å². The van der Waals surface area contributed by atoms with E-state index >= 15 is 0 Å². The number of aryl methyl sites for hydroxylation is 1. The van der Waals surface area contributed by atoms with Crippen molar-refractivity contribution in [2.45, 2.75) is 19.8 Å². The van der Waals surface area contributed by atoms with Crippen LogP contribution in [-0.2, 0) is 16.0 Å². The predicted octanol–water partition coefficient (Wildman–Crippen LogP) is 2.12. The average Bonchev–Trinajstić information content (AvgIpc) is 2.32. The number of benzene rings is 1. The molecular formula is C14H18O4. The standard InChI is InChI=1S/C14H18O4/c1-14(8-17-9-14)10-18-12-5-3-2-4-11(12)6-7-13(15)16/h2-5H,6-10H2,1H3,(H,15,16). The van der Waals surface area contributed by atoms with Gasteiger partial charge < -0.3 is 14.6 Å². The minimum atomic E-state index is -0.788. The first-order valence-electron chi connectivity index (χ1n) is 6.09. The van der Waals surface area contributed by atoms with Crippen molar-refractivity contribution in [2.24, 2.45) is 5.41 Å². The van der Waals surface area contributed by atoms with E-state index in [0.29, 0.717) is 13.0 Å². The molecule has 1 fully saturated rings. The lowest BCUT2D eigenvalue weighted by atomic mass is 9.90. The summed E-state index contributed by atoms with van der Waals surface area (Å²) in [6.07, 6.45) is 0.624. The van der Waals surface area contributed by atoms with Crippen molar-refractivity contribution in [1.82, 2.24) is 0 Å². The number of hydrogen-bond donors (Lipinski definition) is 1. The summed E-state index contributed by atoms with van der Waals surface area (Å²) in [5.74, 6) is -0.00367. The number of carbonyl (C=O) groups is 1. The zero-order valence-electron chi connectivity index (χ0n) is 10.5. The summed E-state index contributed by atoms with van der Waals surface area (Å²) in [5, 5.41) is 8.71. The molecule has 1 aromatic rings. The summed E-state index contributed by atoms with van der Waals surface area (Å²) in [7, 11) is 0. The molecule has 0 atom stereocenters. The number of aliphatic carboxylic acids is 1. The van der Waals surface area contributed by atoms with E-state index in [1.807, 2.05) is 24.3 Å². The summed E-state index contributed by atoms with van der Waals surface area (Å²) in [6, 6.07) is 7.61. The Labute approximate surface area is 107 Å². The monoisotopic (exact) mass is 250 g/mol. The third-order valence-corrected chi connectivity index (χ3v) is 3.06. The molecule has 18 heavy (non-hydrogen) atoms. The fraction of sp³-hybridized carbons (Fsp3) is 0.500. The Hall–Kier alpha value is -1.55. The van der Waals surface area contributed by atoms with Crippen LogP contribution in [0.2, 0.25) is 0 Å². The highest BCUT2D eigenvalue weighted by Crippen LogP contribution is 2.29. The maximum atomic E-state index is 10.6. The summed E-state index contributed by atoms with van der Waals surface area (Å²) in [4.78, 5) is 10.6. The van der Waals surface area contributed by atoms with Crippen molar-refractivity contribution >= 4 is 5.97 Å². The van der Waals surface area contributed by atoms with E-state index in [4.69, 9.17) is 14.6 Å². The van der Waals surface area contributed by atoms with Gasteiger partial charge in [0.1, 0.15) is 5.75 Å². The molecule has 0 bridgehead atoms. The van der Waals surface area contributed by atoms with Crippen molar-refractivity contribution in [1.29, 1.82) is 0 Å². The van der Waals surface area contributed by atoms with E-state index in [-0.39, 0.29) is 11.8 Å². The van der Waals surface area contributed by atoms with Crippen LogP contribution in [-0.4, -0.2) is 30.9 Å². The number of hydrogen-bond acceptors (Lipinski definition) is 3. The van der Waals surface area contributed by atoms with Crippen LogP contribution in [0.15, 0.2) is 24.3 Å². The van der Waals surface area contributed by atoms with Crippen LogP contribution >= 0.6 is 0 Å². The van der Waals surface area contributed by atoms with Gasteiger partial charge in [-0.15, -0.1) is 0 Å². The summed E-state index contributed by atoms with van der Waals surface area (Å²) >= 11 is 0. The Morgan fingerprint density at radius 3 is 2.78 bits per heavy atom. The fourth-order valence-corrected chi connectivity index (χ4v) is 1.88. The van der Waals surface area contributed by atoms with E-state index in [1.165, 1.54) is 0 Å². The van der Waals surface area contributed by atoms with Gasteiger partial charge in [-0.3, -0.25) is 4.79 Å². The first kappa shape index (κ1) is 12.9. The predicted molar refractivity (Wildman–Crippen MR) is 66.8 cm³/mol. The summed E-state index contributed by atoms with van der Waals surface area (Å²) < 4.78 is 11.0. The molecule has 0 aromatic heterocycles. The van der Waals surface area contributed by atoms with Crippen LogP contribution in [0.25, 0.3) is 0 Å². The smallest absolute Gasteiger partial charge is 0.303 e. The molecule has 1 aliphatic heterocycles. The Balaban J connectivity index is 1.96. The normalized spacial score (nSPS) is 16.9. The minimum Gasteiger partial charge on any atom is -0.493 e. The van der Waals surface area contributed by atoms with Gasteiger partial charge in [0.25, 0.3) is 0 Å². The quantitative estimate of drug-likeness (QED) is 0.840. The summed E-state index contributed by atoms with van der Waals surface area (Å²) in [5.41, 5.74) is 1.05. The number of carboxylic acids is 1. The highest BCUT2D eigenvalue weighted by molar-refractivity contribution is 5.67. The van der Waals surface area contributed by atoms with Crippen molar-refractivity contribution < 1.29 is 19.4 Å². The molecule has 1 saturated heterocycles. The van der Waals surface area contributed by atoms with Gasteiger partial charge in [-0.05, 0) is 18.1 Å². The SMILES string of the molecule is CC1(COc2ccccc2CCC(=O)O)COC1. The topological polar surface area (TPSA) is 55.8 Å². The highest BCUT2D eigenvalue weighted by Gasteiger charge is 2.34. The molecule has 1 aromatic carbocycles. The second-order valence-corrected chi connectivity index (χ2v) is 5.09. The van der Waals surface area contributed by atoms with Crippen LogP contribution < -0.4 is 4.74 Å². The number of para-hydroxylation sites is 1. The Bertz CT molecular complexity index is 424.